The van der Waals surface area contributed by atoms with Gasteiger partial charge in [0.15, 0.2) is 0 Å². The van der Waals surface area contributed by atoms with Gasteiger partial charge in [0.2, 0.25) is 0 Å². The van der Waals surface area contributed by atoms with E-state index < -0.39 is 6.10 Å². The predicted molar refractivity (Wildman–Crippen MR) is 89.2 cm³/mol. The van der Waals surface area contributed by atoms with Crippen LogP contribution in [0.2, 0.25) is 5.02 Å². The fourth-order valence-electron chi connectivity index (χ4n) is 2.64. The lowest BCUT2D eigenvalue weighted by atomic mass is 9.89. The fourth-order valence-corrected chi connectivity index (χ4v) is 2.83. The largest absolute Gasteiger partial charge is 0.496 e. The van der Waals surface area contributed by atoms with E-state index in [1.807, 2.05) is 12.1 Å². The average molecular weight is 314 g/mol. The third kappa shape index (κ3) is 5.85. The molecule has 0 aromatic heterocycles. The molecular formula is C17H28ClNO2. The number of aliphatic hydroxyl groups excluding tert-OH is 1. The highest BCUT2D eigenvalue weighted by Gasteiger charge is 2.23. The highest BCUT2D eigenvalue weighted by Crippen LogP contribution is 2.32. The molecule has 2 atom stereocenters. The summed E-state index contributed by atoms with van der Waals surface area (Å²) in [7, 11) is 1.62. The number of nitrogens with two attached hydrogens (primary N) is 1. The number of halogens is 1. The number of ether oxygens (including phenoxy) is 1. The van der Waals surface area contributed by atoms with Crippen molar-refractivity contribution in [2.24, 2.45) is 5.73 Å². The summed E-state index contributed by atoms with van der Waals surface area (Å²) in [5.74, 6) is 0.602. The first-order valence-electron chi connectivity index (χ1n) is 7.85. The lowest BCUT2D eigenvalue weighted by Crippen LogP contribution is -2.26. The zero-order valence-corrected chi connectivity index (χ0v) is 13.9. The van der Waals surface area contributed by atoms with E-state index >= 15 is 0 Å². The Balaban J connectivity index is 2.66. The lowest BCUT2D eigenvalue weighted by molar-refractivity contribution is 0.131. The number of unbranched alkanes of at least 4 members (excludes halogenated alkanes) is 4. The van der Waals surface area contributed by atoms with E-state index in [4.69, 9.17) is 22.1 Å². The van der Waals surface area contributed by atoms with E-state index in [2.05, 4.69) is 6.92 Å². The van der Waals surface area contributed by atoms with Crippen molar-refractivity contribution in [3.05, 3.63) is 28.8 Å². The Labute approximate surface area is 133 Å². The normalized spacial score (nSPS) is 14.0. The van der Waals surface area contributed by atoms with Crippen LogP contribution < -0.4 is 10.5 Å². The van der Waals surface area contributed by atoms with Crippen LogP contribution in [-0.4, -0.2) is 24.9 Å². The minimum absolute atomic E-state index is 0.134. The molecule has 4 heteroatoms. The molecule has 0 aliphatic carbocycles. The Kier molecular flexibility index (Phi) is 8.74. The second-order valence-electron chi connectivity index (χ2n) is 5.50. The third-order valence-corrected chi connectivity index (χ3v) is 4.15. The monoisotopic (exact) mass is 313 g/mol. The number of methoxy groups -OCH3 is 1. The molecule has 2 unspecified atom stereocenters. The molecule has 1 rings (SSSR count). The van der Waals surface area contributed by atoms with Gasteiger partial charge in [0.25, 0.3) is 0 Å². The molecule has 0 bridgehead atoms. The first-order chi connectivity index (χ1) is 10.1. The van der Waals surface area contributed by atoms with Crippen molar-refractivity contribution in [2.45, 2.75) is 57.5 Å². The highest BCUT2D eigenvalue weighted by atomic mass is 35.5. The summed E-state index contributed by atoms with van der Waals surface area (Å²) in [6, 6.07) is 5.46. The van der Waals surface area contributed by atoms with Crippen LogP contribution >= 0.6 is 11.6 Å². The van der Waals surface area contributed by atoms with E-state index in [0.717, 1.165) is 30.6 Å². The summed E-state index contributed by atoms with van der Waals surface area (Å²) in [5, 5.41) is 11.1. The van der Waals surface area contributed by atoms with Crippen LogP contribution in [0.15, 0.2) is 18.2 Å². The second-order valence-corrected chi connectivity index (χ2v) is 5.94. The van der Waals surface area contributed by atoms with Gasteiger partial charge < -0.3 is 15.6 Å². The number of benzene rings is 1. The van der Waals surface area contributed by atoms with E-state index in [9.17, 15) is 5.11 Å². The molecule has 0 saturated carbocycles. The summed E-state index contributed by atoms with van der Waals surface area (Å²) in [4.78, 5) is 0. The molecule has 0 heterocycles. The Morgan fingerprint density at radius 3 is 2.57 bits per heavy atom. The Bertz CT molecular complexity index is 412. The summed E-state index contributed by atoms with van der Waals surface area (Å²) in [5.41, 5.74) is 6.77. The van der Waals surface area contributed by atoms with E-state index in [1.54, 1.807) is 13.2 Å². The quantitative estimate of drug-likeness (QED) is 0.639. The van der Waals surface area contributed by atoms with Gasteiger partial charge in [-0.3, -0.25) is 0 Å². The number of rotatable bonds is 10. The SMILES string of the molecule is CCCCCCCC(O)C(CN)c1cc(Cl)ccc1OC. The maximum absolute atomic E-state index is 10.5. The number of hydrogen-bond donors (Lipinski definition) is 2. The van der Waals surface area contributed by atoms with Crippen LogP contribution in [0, 0.1) is 0 Å². The predicted octanol–water partition coefficient (Wildman–Crippen LogP) is 4.11. The first kappa shape index (κ1) is 18.3. The van der Waals surface area contributed by atoms with Crippen LogP contribution in [0.25, 0.3) is 0 Å². The molecule has 1 aromatic rings. The molecule has 0 radical (unpaired) electrons. The maximum atomic E-state index is 10.5. The van der Waals surface area contributed by atoms with Crippen molar-refractivity contribution in [1.29, 1.82) is 0 Å². The van der Waals surface area contributed by atoms with Crippen molar-refractivity contribution < 1.29 is 9.84 Å². The van der Waals surface area contributed by atoms with Gasteiger partial charge in [-0.2, -0.15) is 0 Å². The smallest absolute Gasteiger partial charge is 0.122 e. The molecule has 1 aromatic carbocycles. The second kappa shape index (κ2) is 10.0. The summed E-state index contributed by atoms with van der Waals surface area (Å²) in [6.45, 7) is 2.58. The highest BCUT2D eigenvalue weighted by molar-refractivity contribution is 6.30. The molecule has 0 aliphatic rings. The molecule has 3 N–H and O–H groups in total. The van der Waals surface area contributed by atoms with Gasteiger partial charge in [-0.1, -0.05) is 50.6 Å². The molecule has 0 spiro atoms. The van der Waals surface area contributed by atoms with Gasteiger partial charge in [0.1, 0.15) is 5.75 Å². The van der Waals surface area contributed by atoms with Crippen molar-refractivity contribution in [1.82, 2.24) is 0 Å². The minimum Gasteiger partial charge on any atom is -0.496 e. The zero-order chi connectivity index (χ0) is 15.7. The molecule has 0 fully saturated rings. The Hall–Kier alpha value is -0.770. The third-order valence-electron chi connectivity index (χ3n) is 3.91. The van der Waals surface area contributed by atoms with Gasteiger partial charge in [-0.25, -0.2) is 0 Å². The topological polar surface area (TPSA) is 55.5 Å². The van der Waals surface area contributed by atoms with Crippen LogP contribution in [0.4, 0.5) is 0 Å². The van der Waals surface area contributed by atoms with Gasteiger partial charge in [0.05, 0.1) is 13.2 Å². The number of aliphatic hydroxyl groups is 1. The molecule has 21 heavy (non-hydrogen) atoms. The maximum Gasteiger partial charge on any atom is 0.122 e. The van der Waals surface area contributed by atoms with E-state index in [-0.39, 0.29) is 5.92 Å². The lowest BCUT2D eigenvalue weighted by Gasteiger charge is -2.24. The van der Waals surface area contributed by atoms with Crippen molar-refractivity contribution in [3.8, 4) is 5.75 Å². The number of hydrogen-bond acceptors (Lipinski definition) is 3. The van der Waals surface area contributed by atoms with Crippen molar-refractivity contribution in [3.63, 3.8) is 0 Å². The van der Waals surface area contributed by atoms with Crippen molar-refractivity contribution in [2.75, 3.05) is 13.7 Å². The molecular weight excluding hydrogens is 286 g/mol. The van der Waals surface area contributed by atoms with Crippen LogP contribution in [0.1, 0.15) is 56.9 Å². The van der Waals surface area contributed by atoms with E-state index in [0.29, 0.717) is 11.6 Å². The summed E-state index contributed by atoms with van der Waals surface area (Å²) >= 11 is 6.06. The molecule has 120 valence electrons. The molecule has 0 saturated heterocycles. The molecule has 3 nitrogen and oxygen atoms in total. The summed E-state index contributed by atoms with van der Waals surface area (Å²) in [6.07, 6.45) is 6.23. The standard InChI is InChI=1S/C17H28ClNO2/c1-3-4-5-6-7-8-16(20)15(12-19)14-11-13(18)9-10-17(14)21-2/h9-11,15-16,20H,3-8,12,19H2,1-2H3. The van der Waals surface area contributed by atoms with Gasteiger partial charge in [0, 0.05) is 23.0 Å². The van der Waals surface area contributed by atoms with Gasteiger partial charge in [-0.05, 0) is 24.6 Å². The molecule has 0 amide bonds. The zero-order valence-electron chi connectivity index (χ0n) is 13.1. The Morgan fingerprint density at radius 2 is 1.95 bits per heavy atom. The fraction of sp³-hybridized carbons (Fsp3) is 0.647. The first-order valence-corrected chi connectivity index (χ1v) is 8.23. The van der Waals surface area contributed by atoms with Crippen LogP contribution in [0.3, 0.4) is 0 Å². The minimum atomic E-state index is -0.455. The summed E-state index contributed by atoms with van der Waals surface area (Å²) < 4.78 is 5.37. The van der Waals surface area contributed by atoms with Crippen molar-refractivity contribution >= 4 is 11.6 Å². The van der Waals surface area contributed by atoms with Crippen LogP contribution in [-0.2, 0) is 0 Å². The van der Waals surface area contributed by atoms with Gasteiger partial charge >= 0.3 is 0 Å². The average Bonchev–Trinajstić information content (AvgIpc) is 2.48. The van der Waals surface area contributed by atoms with Crippen LogP contribution in [0.5, 0.6) is 5.75 Å². The van der Waals surface area contributed by atoms with Gasteiger partial charge in [-0.15, -0.1) is 0 Å². The molecule has 0 aliphatic heterocycles. The Morgan fingerprint density at radius 1 is 1.24 bits per heavy atom. The van der Waals surface area contributed by atoms with E-state index in [1.165, 1.54) is 19.3 Å².